The Morgan fingerprint density at radius 2 is 1.83 bits per heavy atom. The molecule has 3 rings (SSSR count). The molecule has 6 nitrogen and oxygen atoms in total. The van der Waals surface area contributed by atoms with Crippen LogP contribution in [-0.4, -0.2) is 40.6 Å². The Labute approximate surface area is 140 Å². The molecule has 2 aromatic rings. The lowest BCUT2D eigenvalue weighted by molar-refractivity contribution is 0.413. The van der Waals surface area contributed by atoms with Crippen LogP contribution in [0.4, 0.5) is 17.5 Å². The minimum absolute atomic E-state index is 0.633. The molecule has 0 aliphatic carbocycles. The van der Waals surface area contributed by atoms with Crippen LogP contribution in [0, 0.1) is 18.3 Å². The van der Waals surface area contributed by atoms with E-state index >= 15 is 0 Å². The van der Waals surface area contributed by atoms with Gasteiger partial charge in [0.05, 0.1) is 11.6 Å². The first-order valence-corrected chi connectivity index (χ1v) is 7.76. The molecule has 0 unspecified atom stereocenters. The van der Waals surface area contributed by atoms with E-state index in [4.69, 9.17) is 17.0 Å². The number of halogens is 1. The van der Waals surface area contributed by atoms with Crippen LogP contribution in [-0.2, 0) is 0 Å². The van der Waals surface area contributed by atoms with Crippen LogP contribution in [0.2, 0.25) is 0 Å². The van der Waals surface area contributed by atoms with Crippen LogP contribution < -0.4 is 10.2 Å². The maximum absolute atomic E-state index is 8.84. The van der Waals surface area contributed by atoms with Crippen molar-refractivity contribution in [3.05, 3.63) is 41.6 Å². The van der Waals surface area contributed by atoms with Crippen LogP contribution >= 0.6 is 11.8 Å². The number of rotatable bonds is 3. The minimum atomic E-state index is 0.633. The van der Waals surface area contributed by atoms with E-state index in [0.29, 0.717) is 11.5 Å². The standard InChI is InChI=1S/C16H17ClN6/c1-12-10-15(20-14-4-2-13(11-18)3-5-14)21-16(19-12)22-6-8-23(17)9-7-22/h2-5,10H,6-9H2,1H3,(H,19,20,21). The Morgan fingerprint density at radius 1 is 1.13 bits per heavy atom. The highest BCUT2D eigenvalue weighted by atomic mass is 35.5. The van der Waals surface area contributed by atoms with Crippen molar-refractivity contribution in [2.75, 3.05) is 36.4 Å². The molecule has 0 atom stereocenters. The van der Waals surface area contributed by atoms with Crippen molar-refractivity contribution in [1.82, 2.24) is 14.4 Å². The Hall–Kier alpha value is -2.36. The first-order chi connectivity index (χ1) is 11.1. The second kappa shape index (κ2) is 6.82. The first-order valence-electron chi connectivity index (χ1n) is 7.42. The Kier molecular flexibility index (Phi) is 4.60. The number of aromatic nitrogens is 2. The summed E-state index contributed by atoms with van der Waals surface area (Å²) in [7, 11) is 0. The summed E-state index contributed by atoms with van der Waals surface area (Å²) in [5.41, 5.74) is 2.42. The summed E-state index contributed by atoms with van der Waals surface area (Å²) in [4.78, 5) is 11.3. The van der Waals surface area contributed by atoms with E-state index in [2.05, 4.69) is 26.3 Å². The van der Waals surface area contributed by atoms with Crippen LogP contribution in [0.15, 0.2) is 30.3 Å². The highest BCUT2D eigenvalue weighted by molar-refractivity contribution is 6.13. The van der Waals surface area contributed by atoms with Gasteiger partial charge in [0.2, 0.25) is 5.95 Å². The molecule has 0 spiro atoms. The number of piperazine rings is 1. The van der Waals surface area contributed by atoms with Crippen molar-refractivity contribution in [3.63, 3.8) is 0 Å². The van der Waals surface area contributed by atoms with Crippen molar-refractivity contribution < 1.29 is 0 Å². The summed E-state index contributed by atoms with van der Waals surface area (Å²) in [6, 6.07) is 11.3. The number of nitrogens with one attached hydrogen (secondary N) is 1. The Morgan fingerprint density at radius 3 is 2.48 bits per heavy atom. The average molecular weight is 329 g/mol. The predicted octanol–water partition coefficient (Wildman–Crippen LogP) is 2.68. The van der Waals surface area contributed by atoms with Gasteiger partial charge in [0, 0.05) is 43.6 Å². The van der Waals surface area contributed by atoms with Crippen LogP contribution in [0.3, 0.4) is 0 Å². The van der Waals surface area contributed by atoms with Crippen molar-refractivity contribution in [3.8, 4) is 6.07 Å². The summed E-state index contributed by atoms with van der Waals surface area (Å²) in [5.74, 6) is 1.46. The average Bonchev–Trinajstić information content (AvgIpc) is 2.56. The summed E-state index contributed by atoms with van der Waals surface area (Å²) in [6.45, 7) is 5.15. The molecule has 1 aliphatic rings. The van der Waals surface area contributed by atoms with Gasteiger partial charge in [-0.05, 0) is 43.0 Å². The molecule has 0 saturated carbocycles. The van der Waals surface area contributed by atoms with E-state index < -0.39 is 0 Å². The third-order valence-corrected chi connectivity index (χ3v) is 3.97. The molecule has 0 amide bonds. The molecule has 1 aliphatic heterocycles. The van der Waals surface area contributed by atoms with Gasteiger partial charge in [-0.25, -0.2) is 9.40 Å². The number of aryl methyl sites for hydroxylation is 1. The van der Waals surface area contributed by atoms with Crippen LogP contribution in [0.25, 0.3) is 0 Å². The van der Waals surface area contributed by atoms with E-state index in [-0.39, 0.29) is 0 Å². The van der Waals surface area contributed by atoms with Crippen molar-refractivity contribution in [2.24, 2.45) is 0 Å². The molecule has 1 N–H and O–H groups in total. The topological polar surface area (TPSA) is 68.1 Å². The maximum atomic E-state index is 8.84. The Bertz CT molecular complexity index is 716. The zero-order valence-corrected chi connectivity index (χ0v) is 13.6. The molecule has 118 valence electrons. The van der Waals surface area contributed by atoms with Gasteiger partial charge in [-0.2, -0.15) is 10.2 Å². The fourth-order valence-corrected chi connectivity index (χ4v) is 2.57. The molecule has 1 fully saturated rings. The summed E-state index contributed by atoms with van der Waals surface area (Å²) in [6.07, 6.45) is 0. The summed E-state index contributed by atoms with van der Waals surface area (Å²) in [5, 5.41) is 12.1. The SMILES string of the molecule is Cc1cc(Nc2ccc(C#N)cc2)nc(N2CCN(Cl)CC2)n1. The van der Waals surface area contributed by atoms with E-state index in [1.807, 2.05) is 25.1 Å². The molecular weight excluding hydrogens is 312 g/mol. The zero-order chi connectivity index (χ0) is 16.2. The van der Waals surface area contributed by atoms with E-state index in [1.165, 1.54) is 0 Å². The van der Waals surface area contributed by atoms with Crippen molar-refractivity contribution in [1.29, 1.82) is 5.26 Å². The predicted molar refractivity (Wildman–Crippen MR) is 90.8 cm³/mol. The molecule has 1 saturated heterocycles. The van der Waals surface area contributed by atoms with E-state index in [9.17, 15) is 0 Å². The lowest BCUT2D eigenvalue weighted by Crippen LogP contribution is -2.43. The fourth-order valence-electron chi connectivity index (χ4n) is 2.42. The van der Waals surface area contributed by atoms with Gasteiger partial charge in [-0.3, -0.25) is 0 Å². The normalized spacial score (nSPS) is 15.3. The Balaban J connectivity index is 1.78. The number of benzene rings is 1. The highest BCUT2D eigenvalue weighted by Crippen LogP contribution is 2.20. The van der Waals surface area contributed by atoms with Gasteiger partial charge in [0.25, 0.3) is 0 Å². The second-order valence-electron chi connectivity index (χ2n) is 5.41. The molecular formula is C16H17ClN6. The first kappa shape index (κ1) is 15.5. The molecule has 23 heavy (non-hydrogen) atoms. The van der Waals surface area contributed by atoms with Crippen molar-refractivity contribution >= 4 is 29.2 Å². The molecule has 1 aromatic heterocycles. The van der Waals surface area contributed by atoms with Gasteiger partial charge < -0.3 is 10.2 Å². The molecule has 0 bridgehead atoms. The van der Waals surface area contributed by atoms with Crippen molar-refractivity contribution in [2.45, 2.75) is 6.92 Å². The third-order valence-electron chi connectivity index (χ3n) is 3.64. The third kappa shape index (κ3) is 3.89. The van der Waals surface area contributed by atoms with Gasteiger partial charge in [0.15, 0.2) is 0 Å². The molecule has 7 heteroatoms. The second-order valence-corrected chi connectivity index (χ2v) is 5.88. The fraction of sp³-hybridized carbons (Fsp3) is 0.312. The molecule has 2 heterocycles. The highest BCUT2D eigenvalue weighted by Gasteiger charge is 2.18. The van der Waals surface area contributed by atoms with Crippen LogP contribution in [0.1, 0.15) is 11.3 Å². The van der Waals surface area contributed by atoms with E-state index in [0.717, 1.165) is 43.4 Å². The lowest BCUT2D eigenvalue weighted by atomic mass is 10.2. The summed E-state index contributed by atoms with van der Waals surface area (Å²) < 4.78 is 1.78. The maximum Gasteiger partial charge on any atom is 0.227 e. The monoisotopic (exact) mass is 328 g/mol. The number of nitrogens with zero attached hydrogens (tertiary/aromatic N) is 5. The van der Waals surface area contributed by atoms with Crippen LogP contribution in [0.5, 0.6) is 0 Å². The summed E-state index contributed by atoms with van der Waals surface area (Å²) >= 11 is 5.99. The van der Waals surface area contributed by atoms with Gasteiger partial charge in [0.1, 0.15) is 5.82 Å². The number of anilines is 3. The van der Waals surface area contributed by atoms with Gasteiger partial charge >= 0.3 is 0 Å². The number of hydrogen-bond donors (Lipinski definition) is 1. The number of hydrogen-bond acceptors (Lipinski definition) is 6. The van der Waals surface area contributed by atoms with Gasteiger partial charge in [-0.1, -0.05) is 0 Å². The van der Waals surface area contributed by atoms with E-state index in [1.54, 1.807) is 16.6 Å². The molecule has 1 aromatic carbocycles. The minimum Gasteiger partial charge on any atom is -0.340 e. The zero-order valence-electron chi connectivity index (χ0n) is 12.8. The molecule has 0 radical (unpaired) electrons. The van der Waals surface area contributed by atoms with Gasteiger partial charge in [-0.15, -0.1) is 0 Å². The smallest absolute Gasteiger partial charge is 0.227 e. The lowest BCUT2D eigenvalue weighted by Gasteiger charge is -2.31. The largest absolute Gasteiger partial charge is 0.340 e. The quantitative estimate of drug-likeness (QED) is 0.874. The number of nitriles is 1.